The first-order valence-corrected chi connectivity index (χ1v) is 4.50. The lowest BCUT2D eigenvalue weighted by molar-refractivity contribution is -0.385. The third kappa shape index (κ3) is 3.02. The van der Waals surface area contributed by atoms with E-state index in [2.05, 4.69) is 0 Å². The number of carbonyl (C=O) groups is 1. The van der Waals surface area contributed by atoms with E-state index >= 15 is 0 Å². The van der Waals surface area contributed by atoms with Gasteiger partial charge >= 0.3 is 0 Å². The van der Waals surface area contributed by atoms with E-state index < -0.39 is 4.92 Å². The topological polar surface area (TPSA) is 60.2 Å². The van der Waals surface area contributed by atoms with Crippen LogP contribution >= 0.6 is 0 Å². The first-order chi connectivity index (χ1) is 7.15. The van der Waals surface area contributed by atoms with Gasteiger partial charge in [0.15, 0.2) is 0 Å². The van der Waals surface area contributed by atoms with Gasteiger partial charge in [0.1, 0.15) is 6.29 Å². The van der Waals surface area contributed by atoms with Gasteiger partial charge in [0, 0.05) is 18.1 Å². The molecule has 0 atom stereocenters. The summed E-state index contributed by atoms with van der Waals surface area (Å²) in [6.07, 6.45) is 4.64. The Morgan fingerprint density at radius 2 is 2.20 bits per heavy atom. The van der Waals surface area contributed by atoms with Crippen LogP contribution in [0.3, 0.4) is 0 Å². The predicted octanol–water partition coefficient (Wildman–Crippen LogP) is 2.51. The number of nitro groups is 1. The summed E-state index contributed by atoms with van der Waals surface area (Å²) in [5.74, 6) is 0. The smallest absolute Gasteiger partial charge is 0.272 e. The van der Waals surface area contributed by atoms with Crippen LogP contribution in [0, 0.1) is 17.0 Å². The minimum Gasteiger partial charge on any atom is -0.303 e. The molecule has 1 aromatic rings. The molecule has 0 saturated carbocycles. The van der Waals surface area contributed by atoms with Crippen LogP contribution in [0.5, 0.6) is 0 Å². The van der Waals surface area contributed by atoms with Crippen LogP contribution in [0.1, 0.15) is 17.5 Å². The van der Waals surface area contributed by atoms with Gasteiger partial charge in [-0.1, -0.05) is 12.2 Å². The van der Waals surface area contributed by atoms with Crippen LogP contribution in [0.2, 0.25) is 0 Å². The molecule has 0 spiro atoms. The van der Waals surface area contributed by atoms with Gasteiger partial charge in [-0.3, -0.25) is 10.1 Å². The van der Waals surface area contributed by atoms with Gasteiger partial charge < -0.3 is 4.79 Å². The van der Waals surface area contributed by atoms with Gasteiger partial charge in [-0.05, 0) is 24.6 Å². The van der Waals surface area contributed by atoms with Gasteiger partial charge in [-0.25, -0.2) is 0 Å². The lowest BCUT2D eigenvalue weighted by Crippen LogP contribution is -1.91. The van der Waals surface area contributed by atoms with E-state index in [9.17, 15) is 14.9 Å². The highest BCUT2D eigenvalue weighted by atomic mass is 16.6. The van der Waals surface area contributed by atoms with E-state index in [0.29, 0.717) is 12.0 Å². The zero-order valence-electron chi connectivity index (χ0n) is 8.34. The summed E-state index contributed by atoms with van der Waals surface area (Å²) in [6.45, 7) is 1.69. The summed E-state index contributed by atoms with van der Waals surface area (Å²) in [4.78, 5) is 20.2. The van der Waals surface area contributed by atoms with Crippen LogP contribution in [0.15, 0.2) is 24.3 Å². The Labute approximate surface area is 87.4 Å². The Bertz CT molecular complexity index is 410. The number of aldehydes is 1. The minimum absolute atomic E-state index is 0.113. The Balaban J connectivity index is 2.91. The molecule has 0 aliphatic rings. The van der Waals surface area contributed by atoms with Crippen LogP contribution in [-0.2, 0) is 4.79 Å². The summed E-state index contributed by atoms with van der Waals surface area (Å²) in [5.41, 5.74) is 1.59. The first kappa shape index (κ1) is 11.1. The molecule has 15 heavy (non-hydrogen) atoms. The van der Waals surface area contributed by atoms with E-state index in [4.69, 9.17) is 0 Å². The number of allylic oxidation sites excluding steroid dienone is 1. The molecule has 0 N–H and O–H groups in total. The van der Waals surface area contributed by atoms with Crippen molar-refractivity contribution in [2.24, 2.45) is 0 Å². The second kappa shape index (κ2) is 5.05. The van der Waals surface area contributed by atoms with Crippen molar-refractivity contribution < 1.29 is 9.72 Å². The Morgan fingerprint density at radius 3 is 2.73 bits per heavy atom. The van der Waals surface area contributed by atoms with Crippen molar-refractivity contribution in [1.29, 1.82) is 0 Å². The van der Waals surface area contributed by atoms with Crippen molar-refractivity contribution in [3.8, 4) is 0 Å². The second-order valence-electron chi connectivity index (χ2n) is 3.11. The molecule has 0 bridgehead atoms. The molecule has 0 aromatic heterocycles. The average Bonchev–Trinajstić information content (AvgIpc) is 2.17. The summed E-state index contributed by atoms with van der Waals surface area (Å²) in [7, 11) is 0. The highest BCUT2D eigenvalue weighted by Gasteiger charge is 2.08. The van der Waals surface area contributed by atoms with Crippen LogP contribution in [0.25, 0.3) is 6.08 Å². The fourth-order valence-corrected chi connectivity index (χ4v) is 1.25. The molecule has 1 aromatic carbocycles. The van der Waals surface area contributed by atoms with Gasteiger partial charge in [-0.15, -0.1) is 0 Å². The normalized spacial score (nSPS) is 10.5. The number of rotatable bonds is 4. The van der Waals surface area contributed by atoms with E-state index in [0.717, 1.165) is 11.8 Å². The molecule has 0 fully saturated rings. The molecule has 0 heterocycles. The number of nitrogens with zero attached hydrogens (tertiary/aromatic N) is 1. The second-order valence-corrected chi connectivity index (χ2v) is 3.11. The predicted molar refractivity (Wildman–Crippen MR) is 57.5 cm³/mol. The van der Waals surface area contributed by atoms with Crippen molar-refractivity contribution in [2.45, 2.75) is 13.3 Å². The fraction of sp³-hybridized carbons (Fsp3) is 0.182. The zero-order chi connectivity index (χ0) is 11.3. The number of nitro benzene ring substituents is 1. The number of carbonyl (C=O) groups excluding carboxylic acids is 1. The molecule has 0 radical (unpaired) electrons. The average molecular weight is 205 g/mol. The Kier molecular flexibility index (Phi) is 3.74. The minimum atomic E-state index is -0.408. The maximum absolute atomic E-state index is 10.5. The van der Waals surface area contributed by atoms with Crippen molar-refractivity contribution >= 4 is 18.0 Å². The third-order valence-corrected chi connectivity index (χ3v) is 1.96. The SMILES string of the molecule is Cc1cc(C=CCC=O)ccc1[N+](=O)[O-]. The molecule has 0 aliphatic carbocycles. The molecule has 0 aliphatic heterocycles. The number of hydrogen-bond donors (Lipinski definition) is 0. The van der Waals surface area contributed by atoms with Crippen molar-refractivity contribution in [2.75, 3.05) is 0 Å². The summed E-state index contributed by atoms with van der Waals surface area (Å²) >= 11 is 0. The molecular formula is C11H11NO3. The molecule has 0 amide bonds. The van der Waals surface area contributed by atoms with Crippen LogP contribution in [0.4, 0.5) is 5.69 Å². The van der Waals surface area contributed by atoms with Gasteiger partial charge in [0.05, 0.1) is 4.92 Å². The Morgan fingerprint density at radius 1 is 1.47 bits per heavy atom. The molecule has 0 unspecified atom stereocenters. The zero-order valence-corrected chi connectivity index (χ0v) is 8.34. The monoisotopic (exact) mass is 205 g/mol. The molecule has 4 heteroatoms. The largest absolute Gasteiger partial charge is 0.303 e. The highest BCUT2D eigenvalue weighted by molar-refractivity contribution is 5.59. The quantitative estimate of drug-likeness (QED) is 0.431. The highest BCUT2D eigenvalue weighted by Crippen LogP contribution is 2.19. The van der Waals surface area contributed by atoms with Crippen molar-refractivity contribution in [1.82, 2.24) is 0 Å². The Hall–Kier alpha value is -1.97. The van der Waals surface area contributed by atoms with E-state index in [1.165, 1.54) is 6.07 Å². The molecule has 0 saturated heterocycles. The molecule has 4 nitrogen and oxygen atoms in total. The van der Waals surface area contributed by atoms with E-state index in [1.807, 2.05) is 0 Å². The lowest BCUT2D eigenvalue weighted by Gasteiger charge is -1.98. The summed E-state index contributed by atoms with van der Waals surface area (Å²) in [6, 6.07) is 4.85. The molecule has 78 valence electrons. The van der Waals surface area contributed by atoms with Crippen molar-refractivity contribution in [3.63, 3.8) is 0 Å². The maximum Gasteiger partial charge on any atom is 0.272 e. The van der Waals surface area contributed by atoms with Gasteiger partial charge in [-0.2, -0.15) is 0 Å². The third-order valence-electron chi connectivity index (χ3n) is 1.96. The van der Waals surface area contributed by atoms with E-state index in [-0.39, 0.29) is 5.69 Å². The van der Waals surface area contributed by atoms with E-state index in [1.54, 1.807) is 31.2 Å². The van der Waals surface area contributed by atoms with Crippen molar-refractivity contribution in [3.05, 3.63) is 45.5 Å². The standard InChI is InChI=1S/C11H11NO3/c1-9-8-10(4-2-3-7-13)5-6-11(9)12(14)15/h2,4-8H,3H2,1H3. The number of aryl methyl sites for hydroxylation is 1. The van der Waals surface area contributed by atoms with Gasteiger partial charge in [0.25, 0.3) is 5.69 Å². The maximum atomic E-state index is 10.5. The van der Waals surface area contributed by atoms with Gasteiger partial charge in [0.2, 0.25) is 0 Å². The molecular weight excluding hydrogens is 194 g/mol. The number of hydrogen-bond acceptors (Lipinski definition) is 3. The lowest BCUT2D eigenvalue weighted by atomic mass is 10.1. The fourth-order valence-electron chi connectivity index (χ4n) is 1.25. The first-order valence-electron chi connectivity index (χ1n) is 4.50. The summed E-state index contributed by atoms with van der Waals surface area (Å²) in [5, 5.41) is 10.5. The van der Waals surface area contributed by atoms with Crippen LogP contribution < -0.4 is 0 Å². The summed E-state index contributed by atoms with van der Waals surface area (Å²) < 4.78 is 0. The number of benzene rings is 1. The van der Waals surface area contributed by atoms with Crippen LogP contribution in [-0.4, -0.2) is 11.2 Å². The molecule has 1 rings (SSSR count).